The lowest BCUT2D eigenvalue weighted by atomic mass is 9.96. The predicted octanol–water partition coefficient (Wildman–Crippen LogP) is 3.08. The molecule has 0 saturated heterocycles. The maximum absolute atomic E-state index is 6.04. The summed E-state index contributed by atoms with van der Waals surface area (Å²) in [4.78, 5) is 2.19. The summed E-state index contributed by atoms with van der Waals surface area (Å²) in [5.41, 5.74) is 5.22. The van der Waals surface area contributed by atoms with Gasteiger partial charge in [-0.2, -0.15) is 0 Å². The predicted molar refractivity (Wildman–Crippen MR) is 68.7 cm³/mol. The van der Waals surface area contributed by atoms with E-state index in [4.69, 9.17) is 4.74 Å². The zero-order valence-corrected chi connectivity index (χ0v) is 11.1. The minimum Gasteiger partial charge on any atom is -0.487 e. The second kappa shape index (κ2) is 3.41. The molecular formula is C14H21NO. The van der Waals surface area contributed by atoms with Crippen molar-refractivity contribution in [2.75, 3.05) is 19.0 Å². The van der Waals surface area contributed by atoms with E-state index in [1.807, 2.05) is 0 Å². The molecule has 0 radical (unpaired) electrons. The molecule has 0 saturated carbocycles. The van der Waals surface area contributed by atoms with Crippen molar-refractivity contribution in [1.82, 2.24) is 0 Å². The first-order chi connectivity index (χ1) is 7.32. The van der Waals surface area contributed by atoms with E-state index in [1.165, 1.54) is 22.4 Å². The average molecular weight is 219 g/mol. The van der Waals surface area contributed by atoms with E-state index in [1.54, 1.807) is 0 Å². The molecule has 0 bridgehead atoms. The first kappa shape index (κ1) is 11.3. The third kappa shape index (κ3) is 1.66. The van der Waals surface area contributed by atoms with Crippen molar-refractivity contribution in [3.05, 3.63) is 22.8 Å². The van der Waals surface area contributed by atoms with Gasteiger partial charge in [-0.15, -0.1) is 0 Å². The van der Waals surface area contributed by atoms with E-state index in [2.05, 4.69) is 52.8 Å². The first-order valence-electron chi connectivity index (χ1n) is 5.81. The van der Waals surface area contributed by atoms with Gasteiger partial charge in [-0.3, -0.25) is 0 Å². The molecule has 0 amide bonds. The Morgan fingerprint density at radius 1 is 1.19 bits per heavy atom. The zero-order valence-electron chi connectivity index (χ0n) is 11.1. The molecule has 16 heavy (non-hydrogen) atoms. The van der Waals surface area contributed by atoms with Crippen LogP contribution in [0.2, 0.25) is 0 Å². The molecule has 88 valence electrons. The van der Waals surface area contributed by atoms with Gasteiger partial charge in [0, 0.05) is 31.8 Å². The molecule has 1 aliphatic heterocycles. The van der Waals surface area contributed by atoms with Crippen LogP contribution in [0, 0.1) is 13.8 Å². The van der Waals surface area contributed by atoms with Gasteiger partial charge in [-0.25, -0.2) is 0 Å². The Morgan fingerprint density at radius 2 is 1.81 bits per heavy atom. The van der Waals surface area contributed by atoms with Crippen LogP contribution in [-0.2, 0) is 6.42 Å². The third-order valence-corrected chi connectivity index (χ3v) is 3.15. The molecule has 0 unspecified atom stereocenters. The largest absolute Gasteiger partial charge is 0.487 e. The monoisotopic (exact) mass is 219 g/mol. The van der Waals surface area contributed by atoms with Crippen LogP contribution in [0.3, 0.4) is 0 Å². The Kier molecular flexibility index (Phi) is 2.41. The second-order valence-electron chi connectivity index (χ2n) is 5.60. The van der Waals surface area contributed by atoms with Gasteiger partial charge in [0.2, 0.25) is 0 Å². The molecule has 0 N–H and O–H groups in total. The highest BCUT2D eigenvalue weighted by Crippen LogP contribution is 2.44. The number of anilines is 1. The van der Waals surface area contributed by atoms with Crippen LogP contribution in [0.1, 0.15) is 30.5 Å². The lowest BCUT2D eigenvalue weighted by Gasteiger charge is -2.20. The van der Waals surface area contributed by atoms with E-state index < -0.39 is 0 Å². The molecule has 1 aliphatic rings. The Morgan fingerprint density at radius 3 is 2.38 bits per heavy atom. The van der Waals surface area contributed by atoms with E-state index in [-0.39, 0.29) is 5.60 Å². The van der Waals surface area contributed by atoms with Gasteiger partial charge < -0.3 is 9.64 Å². The highest BCUT2D eigenvalue weighted by atomic mass is 16.5. The lowest BCUT2D eigenvalue weighted by molar-refractivity contribution is 0.137. The van der Waals surface area contributed by atoms with Gasteiger partial charge in [0.25, 0.3) is 0 Å². The maximum Gasteiger partial charge on any atom is 0.128 e. The fourth-order valence-electron chi connectivity index (χ4n) is 2.71. The number of fused-ring (bicyclic) bond motifs is 1. The van der Waals surface area contributed by atoms with E-state index in [9.17, 15) is 0 Å². The van der Waals surface area contributed by atoms with Crippen LogP contribution in [0.25, 0.3) is 0 Å². The molecule has 1 aromatic carbocycles. The summed E-state index contributed by atoms with van der Waals surface area (Å²) in [5, 5.41) is 0. The van der Waals surface area contributed by atoms with E-state index in [0.29, 0.717) is 0 Å². The van der Waals surface area contributed by atoms with Crippen LogP contribution < -0.4 is 9.64 Å². The van der Waals surface area contributed by atoms with Crippen molar-refractivity contribution < 1.29 is 4.74 Å². The Hall–Kier alpha value is -1.18. The van der Waals surface area contributed by atoms with Crippen molar-refractivity contribution >= 4 is 5.69 Å². The molecule has 0 aliphatic carbocycles. The van der Waals surface area contributed by atoms with Crippen LogP contribution in [0.4, 0.5) is 5.69 Å². The Balaban J connectivity index is 2.64. The molecule has 2 rings (SSSR count). The van der Waals surface area contributed by atoms with Gasteiger partial charge in [-0.05, 0) is 38.8 Å². The molecule has 0 atom stereocenters. The van der Waals surface area contributed by atoms with Gasteiger partial charge in [0.1, 0.15) is 11.4 Å². The van der Waals surface area contributed by atoms with E-state index >= 15 is 0 Å². The number of aryl methyl sites for hydroxylation is 2. The smallest absolute Gasteiger partial charge is 0.128 e. The van der Waals surface area contributed by atoms with Crippen LogP contribution in [-0.4, -0.2) is 19.7 Å². The SMILES string of the molecule is Cc1cc(C)c(N(C)C)c2c1OC(C)(C)C2. The minimum atomic E-state index is -0.0638. The number of benzene rings is 1. The highest BCUT2D eigenvalue weighted by molar-refractivity contribution is 5.67. The Bertz CT molecular complexity index is 433. The maximum atomic E-state index is 6.04. The summed E-state index contributed by atoms with van der Waals surface area (Å²) in [7, 11) is 4.20. The van der Waals surface area contributed by atoms with Crippen molar-refractivity contribution in [2.24, 2.45) is 0 Å². The van der Waals surface area contributed by atoms with Crippen LogP contribution in [0.15, 0.2) is 6.07 Å². The quantitative estimate of drug-likeness (QED) is 0.719. The van der Waals surface area contributed by atoms with Crippen molar-refractivity contribution in [3.63, 3.8) is 0 Å². The summed E-state index contributed by atoms with van der Waals surface area (Å²) < 4.78 is 6.04. The highest BCUT2D eigenvalue weighted by Gasteiger charge is 2.34. The van der Waals surface area contributed by atoms with Crippen LogP contribution >= 0.6 is 0 Å². The van der Waals surface area contributed by atoms with Gasteiger partial charge in [0.05, 0.1) is 0 Å². The normalized spacial score (nSPS) is 16.9. The molecule has 2 heteroatoms. The summed E-state index contributed by atoms with van der Waals surface area (Å²) in [5.74, 6) is 1.10. The average Bonchev–Trinajstić information content (AvgIpc) is 2.40. The molecule has 0 fully saturated rings. The second-order valence-corrected chi connectivity index (χ2v) is 5.60. The van der Waals surface area contributed by atoms with Crippen molar-refractivity contribution in [3.8, 4) is 5.75 Å². The summed E-state index contributed by atoms with van der Waals surface area (Å²) >= 11 is 0. The van der Waals surface area contributed by atoms with Crippen molar-refractivity contribution in [2.45, 2.75) is 39.7 Å². The number of hydrogen-bond donors (Lipinski definition) is 0. The molecule has 1 heterocycles. The Labute approximate surface area is 98.2 Å². The van der Waals surface area contributed by atoms with Gasteiger partial charge >= 0.3 is 0 Å². The minimum absolute atomic E-state index is 0.0638. The topological polar surface area (TPSA) is 12.5 Å². The van der Waals surface area contributed by atoms with Gasteiger partial charge in [-0.1, -0.05) is 6.07 Å². The third-order valence-electron chi connectivity index (χ3n) is 3.15. The van der Waals surface area contributed by atoms with Crippen molar-refractivity contribution in [1.29, 1.82) is 0 Å². The number of rotatable bonds is 1. The van der Waals surface area contributed by atoms with Crippen LogP contribution in [0.5, 0.6) is 5.75 Å². The molecule has 1 aromatic rings. The number of ether oxygens (including phenoxy) is 1. The summed E-state index contributed by atoms with van der Waals surface area (Å²) in [6.45, 7) is 8.61. The summed E-state index contributed by atoms with van der Waals surface area (Å²) in [6.07, 6.45) is 0.998. The lowest BCUT2D eigenvalue weighted by Crippen LogP contribution is -2.25. The van der Waals surface area contributed by atoms with E-state index in [0.717, 1.165) is 12.2 Å². The molecule has 2 nitrogen and oxygen atoms in total. The fourth-order valence-corrected chi connectivity index (χ4v) is 2.71. The summed E-state index contributed by atoms with van der Waals surface area (Å²) in [6, 6.07) is 2.22. The zero-order chi connectivity index (χ0) is 12.1. The fraction of sp³-hybridized carbons (Fsp3) is 0.571. The molecule has 0 aromatic heterocycles. The number of nitrogens with zero attached hydrogens (tertiary/aromatic N) is 1. The first-order valence-corrected chi connectivity index (χ1v) is 5.81. The number of hydrogen-bond acceptors (Lipinski definition) is 2. The van der Waals surface area contributed by atoms with Gasteiger partial charge in [0.15, 0.2) is 0 Å². The standard InChI is InChI=1S/C14H21NO/c1-9-7-10(2)13-11(12(9)15(5)6)8-14(3,4)16-13/h7H,8H2,1-6H3. The molecule has 0 spiro atoms. The molecular weight excluding hydrogens is 198 g/mol.